The Bertz CT molecular complexity index is 522. The predicted octanol–water partition coefficient (Wildman–Crippen LogP) is 3.90. The molecule has 0 aromatic heterocycles. The minimum atomic E-state index is 0.901. The van der Waals surface area contributed by atoms with E-state index in [4.69, 9.17) is 11.6 Å². The van der Waals surface area contributed by atoms with Crippen molar-refractivity contribution in [1.82, 2.24) is 0 Å². The molecule has 2 aromatic carbocycles. The van der Waals surface area contributed by atoms with E-state index in [0.717, 1.165) is 24.5 Å². The monoisotopic (exact) mass is 243 g/mol. The highest BCUT2D eigenvalue weighted by atomic mass is 35.5. The van der Waals surface area contributed by atoms with E-state index >= 15 is 0 Å². The topological polar surface area (TPSA) is 3.24 Å². The summed E-state index contributed by atoms with van der Waals surface area (Å²) in [5.74, 6) is 0. The largest absolute Gasteiger partial charge is 0.367 e. The number of hydrogen-bond donors (Lipinski definition) is 0. The summed E-state index contributed by atoms with van der Waals surface area (Å²) in [7, 11) is 0. The van der Waals surface area contributed by atoms with Crippen molar-refractivity contribution in [3.05, 3.63) is 64.7 Å². The quantitative estimate of drug-likeness (QED) is 0.773. The summed E-state index contributed by atoms with van der Waals surface area (Å²) in [6, 6.07) is 16.7. The fourth-order valence-electron chi connectivity index (χ4n) is 2.43. The zero-order chi connectivity index (χ0) is 11.7. The molecule has 0 saturated heterocycles. The van der Waals surface area contributed by atoms with E-state index in [0.29, 0.717) is 0 Å². The molecular weight excluding hydrogens is 230 g/mol. The lowest BCUT2D eigenvalue weighted by Crippen LogP contribution is -2.19. The number of halogens is 1. The van der Waals surface area contributed by atoms with Gasteiger partial charge in [0.05, 0.1) is 0 Å². The molecule has 1 heterocycles. The van der Waals surface area contributed by atoms with Crippen molar-refractivity contribution in [3.63, 3.8) is 0 Å². The summed E-state index contributed by atoms with van der Waals surface area (Å²) in [4.78, 5) is 2.40. The molecule has 2 heteroatoms. The smallest absolute Gasteiger partial charge is 0.0459 e. The second-order valence-electron chi connectivity index (χ2n) is 4.39. The van der Waals surface area contributed by atoms with Gasteiger partial charge in [-0.25, -0.2) is 0 Å². The Hall–Kier alpha value is -1.47. The molecular formula is C15H14ClN. The third kappa shape index (κ3) is 2.03. The van der Waals surface area contributed by atoms with E-state index < -0.39 is 0 Å². The summed E-state index contributed by atoms with van der Waals surface area (Å²) in [6.07, 6.45) is 1.06. The zero-order valence-electron chi connectivity index (χ0n) is 9.57. The van der Waals surface area contributed by atoms with Crippen LogP contribution in [-0.2, 0) is 13.0 Å². The fourth-order valence-corrected chi connectivity index (χ4v) is 2.69. The Morgan fingerprint density at radius 2 is 1.82 bits per heavy atom. The van der Waals surface area contributed by atoms with Crippen LogP contribution in [-0.4, -0.2) is 6.54 Å². The molecule has 0 amide bonds. The molecule has 0 spiro atoms. The second kappa shape index (κ2) is 4.42. The van der Waals surface area contributed by atoms with E-state index in [-0.39, 0.29) is 0 Å². The van der Waals surface area contributed by atoms with Gasteiger partial charge in [-0.05, 0) is 29.7 Å². The molecule has 0 fully saturated rings. The normalized spacial score (nSPS) is 13.8. The lowest BCUT2D eigenvalue weighted by Gasteiger charge is -2.19. The molecule has 0 saturated carbocycles. The summed E-state index contributed by atoms with van der Waals surface area (Å²) in [5.41, 5.74) is 3.94. The van der Waals surface area contributed by atoms with Crippen LogP contribution in [0, 0.1) is 0 Å². The number of benzene rings is 2. The van der Waals surface area contributed by atoms with Gasteiger partial charge in [-0.15, -0.1) is 0 Å². The van der Waals surface area contributed by atoms with Gasteiger partial charge in [-0.2, -0.15) is 0 Å². The van der Waals surface area contributed by atoms with Gasteiger partial charge in [0.15, 0.2) is 0 Å². The van der Waals surface area contributed by atoms with Crippen LogP contribution in [0.3, 0.4) is 0 Å². The van der Waals surface area contributed by atoms with E-state index in [1.165, 1.54) is 16.8 Å². The first-order chi connectivity index (χ1) is 8.34. The molecule has 0 N–H and O–H groups in total. The summed E-state index contributed by atoms with van der Waals surface area (Å²) in [5, 5.41) is 0.901. The molecule has 0 aliphatic carbocycles. The lowest BCUT2D eigenvalue weighted by molar-refractivity contribution is 0.836. The van der Waals surface area contributed by atoms with Crippen LogP contribution in [0.1, 0.15) is 11.1 Å². The highest BCUT2D eigenvalue weighted by molar-refractivity contribution is 6.31. The molecule has 1 aliphatic rings. The molecule has 0 radical (unpaired) electrons. The van der Waals surface area contributed by atoms with Gasteiger partial charge in [-0.3, -0.25) is 0 Å². The average molecular weight is 244 g/mol. The van der Waals surface area contributed by atoms with E-state index in [1.54, 1.807) is 0 Å². The first-order valence-electron chi connectivity index (χ1n) is 5.91. The maximum absolute atomic E-state index is 6.21. The third-order valence-corrected chi connectivity index (χ3v) is 3.64. The van der Waals surface area contributed by atoms with Gasteiger partial charge < -0.3 is 4.90 Å². The van der Waals surface area contributed by atoms with Crippen LogP contribution in [0.5, 0.6) is 0 Å². The molecule has 86 valence electrons. The second-order valence-corrected chi connectivity index (χ2v) is 4.80. The highest BCUT2D eigenvalue weighted by Gasteiger charge is 2.20. The molecule has 1 nitrogen and oxygen atoms in total. The summed E-state index contributed by atoms with van der Waals surface area (Å²) >= 11 is 6.21. The standard InChI is InChI=1S/C15H14ClN/c16-14-7-4-8-15-13(14)9-10-17(15)11-12-5-2-1-3-6-12/h1-8H,9-11H2. The van der Waals surface area contributed by atoms with Gasteiger partial charge in [0, 0.05) is 23.8 Å². The Kier molecular flexibility index (Phi) is 2.77. The highest BCUT2D eigenvalue weighted by Crippen LogP contribution is 2.34. The van der Waals surface area contributed by atoms with Crippen molar-refractivity contribution in [2.75, 3.05) is 11.4 Å². The predicted molar refractivity (Wildman–Crippen MR) is 72.6 cm³/mol. The van der Waals surface area contributed by atoms with Crippen LogP contribution in [0.25, 0.3) is 0 Å². The van der Waals surface area contributed by atoms with Gasteiger partial charge in [0.2, 0.25) is 0 Å². The summed E-state index contributed by atoms with van der Waals surface area (Å²) in [6.45, 7) is 2.03. The van der Waals surface area contributed by atoms with Crippen molar-refractivity contribution in [2.45, 2.75) is 13.0 Å². The van der Waals surface area contributed by atoms with E-state index in [2.05, 4.69) is 41.3 Å². The Morgan fingerprint density at radius 1 is 1.00 bits per heavy atom. The number of hydrogen-bond acceptors (Lipinski definition) is 1. The molecule has 0 bridgehead atoms. The number of rotatable bonds is 2. The van der Waals surface area contributed by atoms with Gasteiger partial charge in [-0.1, -0.05) is 48.0 Å². The van der Waals surface area contributed by atoms with Crippen molar-refractivity contribution in [1.29, 1.82) is 0 Å². The molecule has 1 aliphatic heterocycles. The number of fused-ring (bicyclic) bond motifs is 1. The van der Waals surface area contributed by atoms with Crippen LogP contribution in [0.4, 0.5) is 5.69 Å². The maximum atomic E-state index is 6.21. The van der Waals surface area contributed by atoms with Crippen molar-refractivity contribution >= 4 is 17.3 Å². The lowest BCUT2D eigenvalue weighted by atomic mass is 10.1. The van der Waals surface area contributed by atoms with Gasteiger partial charge in [0.25, 0.3) is 0 Å². The maximum Gasteiger partial charge on any atom is 0.0459 e. The van der Waals surface area contributed by atoms with E-state index in [1.807, 2.05) is 12.1 Å². The van der Waals surface area contributed by atoms with Crippen LogP contribution >= 0.6 is 11.6 Å². The molecule has 0 atom stereocenters. The van der Waals surface area contributed by atoms with Crippen LogP contribution in [0.15, 0.2) is 48.5 Å². The van der Waals surface area contributed by atoms with E-state index in [9.17, 15) is 0 Å². The van der Waals surface area contributed by atoms with Crippen molar-refractivity contribution in [3.8, 4) is 0 Å². The summed E-state index contributed by atoms with van der Waals surface area (Å²) < 4.78 is 0. The third-order valence-electron chi connectivity index (χ3n) is 3.28. The van der Waals surface area contributed by atoms with Crippen LogP contribution in [0.2, 0.25) is 5.02 Å². The fraction of sp³-hybridized carbons (Fsp3) is 0.200. The molecule has 3 rings (SSSR count). The first-order valence-corrected chi connectivity index (χ1v) is 6.28. The SMILES string of the molecule is Clc1cccc2c1CCN2Cc1ccccc1. The van der Waals surface area contributed by atoms with Crippen molar-refractivity contribution in [2.24, 2.45) is 0 Å². The van der Waals surface area contributed by atoms with Gasteiger partial charge >= 0.3 is 0 Å². The Labute approximate surface area is 107 Å². The molecule has 0 unspecified atom stereocenters. The molecule has 2 aromatic rings. The number of anilines is 1. The van der Waals surface area contributed by atoms with Gasteiger partial charge in [0.1, 0.15) is 0 Å². The van der Waals surface area contributed by atoms with Crippen molar-refractivity contribution < 1.29 is 0 Å². The Balaban J connectivity index is 1.87. The van der Waals surface area contributed by atoms with Crippen LogP contribution < -0.4 is 4.90 Å². The average Bonchev–Trinajstić information content (AvgIpc) is 2.76. The minimum Gasteiger partial charge on any atom is -0.367 e. The minimum absolute atomic E-state index is 0.901. The Morgan fingerprint density at radius 3 is 2.65 bits per heavy atom. The first kappa shape index (κ1) is 10.7. The number of nitrogens with zero attached hydrogens (tertiary/aromatic N) is 1. The zero-order valence-corrected chi connectivity index (χ0v) is 10.3. The molecule has 17 heavy (non-hydrogen) atoms.